The topological polar surface area (TPSA) is 41.1 Å². The predicted molar refractivity (Wildman–Crippen MR) is 115 cm³/mol. The molecule has 1 fully saturated rings. The average molecular weight is 379 g/mol. The fraction of sp³-hybridized carbons (Fsp3) is 0.364. The van der Waals surface area contributed by atoms with Gasteiger partial charge in [-0.2, -0.15) is 0 Å². The molecule has 5 heteroatoms. The Balaban J connectivity index is 1.48. The van der Waals surface area contributed by atoms with Gasteiger partial charge in [-0.1, -0.05) is 18.7 Å². The number of pyridine rings is 1. The minimum atomic E-state index is 0.515. The number of likely N-dealkylation sites (tertiary alicyclic amines) is 1. The Bertz CT molecular complexity index is 925. The van der Waals surface area contributed by atoms with Gasteiger partial charge in [0.1, 0.15) is 5.82 Å². The van der Waals surface area contributed by atoms with Crippen LogP contribution in [0.3, 0.4) is 0 Å². The highest BCUT2D eigenvalue weighted by molar-refractivity contribution is 7.13. The number of allylic oxidation sites excluding steroid dienone is 1. The van der Waals surface area contributed by atoms with Crippen LogP contribution in [0.2, 0.25) is 0 Å². The first-order valence-electron chi connectivity index (χ1n) is 9.58. The second-order valence-electron chi connectivity index (χ2n) is 7.55. The first kappa shape index (κ1) is 18.1. The van der Waals surface area contributed by atoms with Crippen LogP contribution in [-0.4, -0.2) is 34.0 Å². The molecule has 1 N–H and O–H groups in total. The highest BCUT2D eigenvalue weighted by atomic mass is 32.1. The minimum absolute atomic E-state index is 0.515. The van der Waals surface area contributed by atoms with Crippen LogP contribution >= 0.6 is 11.3 Å². The van der Waals surface area contributed by atoms with Crippen molar-refractivity contribution in [2.24, 2.45) is 5.92 Å². The normalized spacial score (nSPS) is 16.1. The molecule has 0 unspecified atom stereocenters. The van der Waals surface area contributed by atoms with Crippen LogP contribution in [-0.2, 0) is 0 Å². The summed E-state index contributed by atoms with van der Waals surface area (Å²) in [7, 11) is 0. The summed E-state index contributed by atoms with van der Waals surface area (Å²) in [6, 6.07) is 9.21. The first-order chi connectivity index (χ1) is 13.1. The zero-order valence-corrected chi connectivity index (χ0v) is 16.8. The Kier molecular flexibility index (Phi) is 5.23. The summed E-state index contributed by atoms with van der Waals surface area (Å²) in [5.41, 5.74) is 4.15. The average Bonchev–Trinajstić information content (AvgIpc) is 3.22. The molecular formula is C22H26N4S. The summed E-state index contributed by atoms with van der Waals surface area (Å²) in [5, 5.41) is 5.79. The van der Waals surface area contributed by atoms with Crippen molar-refractivity contribution in [1.29, 1.82) is 0 Å². The Hall–Kier alpha value is -2.24. The molecule has 0 bridgehead atoms. The molecule has 1 saturated heterocycles. The number of benzene rings is 1. The maximum Gasteiger partial charge on any atom is 0.130 e. The lowest BCUT2D eigenvalue weighted by Crippen LogP contribution is -2.39. The van der Waals surface area contributed by atoms with Crippen LogP contribution in [0.15, 0.2) is 54.4 Å². The van der Waals surface area contributed by atoms with Crippen molar-refractivity contribution in [3.63, 3.8) is 0 Å². The van der Waals surface area contributed by atoms with Crippen molar-refractivity contribution in [1.82, 2.24) is 14.9 Å². The quantitative estimate of drug-likeness (QED) is 0.645. The van der Waals surface area contributed by atoms with Crippen molar-refractivity contribution < 1.29 is 0 Å². The number of anilines is 1. The summed E-state index contributed by atoms with van der Waals surface area (Å²) in [6.07, 6.45) is 6.17. The van der Waals surface area contributed by atoms with Gasteiger partial charge in [0.05, 0.1) is 10.4 Å². The summed E-state index contributed by atoms with van der Waals surface area (Å²) >= 11 is 1.66. The van der Waals surface area contributed by atoms with Crippen molar-refractivity contribution in [3.05, 3.63) is 54.4 Å². The lowest BCUT2D eigenvalue weighted by atomic mass is 9.93. The summed E-state index contributed by atoms with van der Waals surface area (Å²) in [4.78, 5) is 12.5. The third-order valence-corrected chi connectivity index (χ3v) is 6.30. The molecule has 4 nitrogen and oxygen atoms in total. The smallest absolute Gasteiger partial charge is 0.130 e. The molecule has 0 radical (unpaired) electrons. The molecule has 1 aliphatic rings. The molecule has 3 aromatic rings. The van der Waals surface area contributed by atoms with Crippen LogP contribution in [0.25, 0.3) is 21.2 Å². The summed E-state index contributed by atoms with van der Waals surface area (Å²) < 4.78 is 0. The van der Waals surface area contributed by atoms with Crippen LogP contribution in [0.5, 0.6) is 0 Å². The highest BCUT2D eigenvalue weighted by Crippen LogP contribution is 2.29. The number of piperidine rings is 1. The molecule has 0 amide bonds. The van der Waals surface area contributed by atoms with Crippen molar-refractivity contribution in [2.75, 3.05) is 18.4 Å². The Morgan fingerprint density at radius 2 is 2.00 bits per heavy atom. The number of thiazole rings is 1. The fourth-order valence-corrected chi connectivity index (χ4v) is 4.37. The van der Waals surface area contributed by atoms with E-state index in [1.54, 1.807) is 11.3 Å². The van der Waals surface area contributed by atoms with E-state index in [4.69, 9.17) is 0 Å². The van der Waals surface area contributed by atoms with E-state index in [0.717, 1.165) is 42.8 Å². The maximum absolute atomic E-state index is 4.59. The first-order valence-corrected chi connectivity index (χ1v) is 10.5. The number of hydrogen-bond acceptors (Lipinski definition) is 5. The van der Waals surface area contributed by atoms with Gasteiger partial charge in [-0.25, -0.2) is 4.98 Å². The number of rotatable bonds is 5. The van der Waals surface area contributed by atoms with Crippen LogP contribution in [0.4, 0.5) is 5.82 Å². The van der Waals surface area contributed by atoms with Crippen molar-refractivity contribution in [2.45, 2.75) is 32.7 Å². The van der Waals surface area contributed by atoms with Gasteiger partial charge < -0.3 is 10.2 Å². The Morgan fingerprint density at radius 3 is 2.70 bits per heavy atom. The predicted octanol–water partition coefficient (Wildman–Crippen LogP) is 5.40. The van der Waals surface area contributed by atoms with Gasteiger partial charge >= 0.3 is 0 Å². The molecule has 1 aromatic carbocycles. The van der Waals surface area contributed by atoms with Gasteiger partial charge in [0.15, 0.2) is 0 Å². The molecule has 0 spiro atoms. The van der Waals surface area contributed by atoms with E-state index in [1.807, 2.05) is 17.9 Å². The standard InChI is InChI=1S/C22H26N4S/c1-15(2)26-8-6-17(7-9-26)16(3)25-22-11-20-10-18(21-13-23-14-27-21)4-5-19(20)12-24-22/h4-5,10-15,17H,3,6-9H2,1-2H3,(H,24,25). The van der Waals surface area contributed by atoms with Crippen LogP contribution < -0.4 is 5.32 Å². The fourth-order valence-electron chi connectivity index (χ4n) is 3.75. The number of nitrogens with one attached hydrogen (secondary N) is 1. The van der Waals surface area contributed by atoms with E-state index in [1.165, 1.54) is 15.8 Å². The lowest BCUT2D eigenvalue weighted by Gasteiger charge is -2.35. The number of aromatic nitrogens is 2. The van der Waals surface area contributed by atoms with E-state index >= 15 is 0 Å². The molecule has 4 rings (SSSR count). The van der Waals surface area contributed by atoms with Gasteiger partial charge in [-0.3, -0.25) is 4.98 Å². The number of nitrogens with zero attached hydrogens (tertiary/aromatic N) is 3. The molecule has 0 atom stereocenters. The molecule has 1 aliphatic heterocycles. The molecule has 2 aromatic heterocycles. The highest BCUT2D eigenvalue weighted by Gasteiger charge is 2.22. The van der Waals surface area contributed by atoms with Gasteiger partial charge in [0, 0.05) is 35.4 Å². The molecule has 3 heterocycles. The van der Waals surface area contributed by atoms with Gasteiger partial charge in [0.25, 0.3) is 0 Å². The van der Waals surface area contributed by atoms with E-state index in [2.05, 4.69) is 64.9 Å². The van der Waals surface area contributed by atoms with Crippen molar-refractivity contribution in [3.8, 4) is 10.4 Å². The number of hydrogen-bond donors (Lipinski definition) is 1. The molecule has 0 aliphatic carbocycles. The second kappa shape index (κ2) is 7.79. The molecule has 27 heavy (non-hydrogen) atoms. The lowest BCUT2D eigenvalue weighted by molar-refractivity contribution is 0.161. The monoisotopic (exact) mass is 378 g/mol. The second-order valence-corrected chi connectivity index (χ2v) is 8.44. The third kappa shape index (κ3) is 4.04. The Labute approximate surface area is 165 Å². The van der Waals surface area contributed by atoms with Crippen LogP contribution in [0.1, 0.15) is 26.7 Å². The van der Waals surface area contributed by atoms with Gasteiger partial charge in [-0.05, 0) is 62.9 Å². The molecule has 140 valence electrons. The number of fused-ring (bicyclic) bond motifs is 1. The zero-order chi connectivity index (χ0) is 18.8. The molecular weight excluding hydrogens is 352 g/mol. The largest absolute Gasteiger partial charge is 0.344 e. The zero-order valence-electron chi connectivity index (χ0n) is 16.0. The van der Waals surface area contributed by atoms with Gasteiger partial charge in [0.2, 0.25) is 0 Å². The van der Waals surface area contributed by atoms with E-state index in [0.29, 0.717) is 12.0 Å². The van der Waals surface area contributed by atoms with E-state index in [9.17, 15) is 0 Å². The van der Waals surface area contributed by atoms with Gasteiger partial charge in [-0.15, -0.1) is 11.3 Å². The van der Waals surface area contributed by atoms with E-state index in [-0.39, 0.29) is 0 Å². The van der Waals surface area contributed by atoms with Crippen LogP contribution in [0, 0.1) is 5.92 Å². The Morgan fingerprint density at radius 1 is 1.19 bits per heavy atom. The van der Waals surface area contributed by atoms with E-state index < -0.39 is 0 Å². The molecule has 0 saturated carbocycles. The minimum Gasteiger partial charge on any atom is -0.344 e. The maximum atomic E-state index is 4.59. The third-order valence-electron chi connectivity index (χ3n) is 5.48. The summed E-state index contributed by atoms with van der Waals surface area (Å²) in [6.45, 7) is 11.1. The van der Waals surface area contributed by atoms with Crippen molar-refractivity contribution >= 4 is 27.9 Å². The SMILES string of the molecule is C=C(Nc1cc2cc(-c3cncs3)ccc2cn1)C1CCN(C(C)C)CC1. The summed E-state index contributed by atoms with van der Waals surface area (Å²) in [5.74, 6) is 1.39.